The van der Waals surface area contributed by atoms with E-state index in [2.05, 4.69) is 38.3 Å². The van der Waals surface area contributed by atoms with Crippen LogP contribution >= 0.6 is 27.5 Å². The molecule has 2 nitrogen and oxygen atoms in total. The predicted molar refractivity (Wildman–Crippen MR) is 67.0 cm³/mol. The summed E-state index contributed by atoms with van der Waals surface area (Å²) in [6.45, 7) is 0. The highest BCUT2D eigenvalue weighted by molar-refractivity contribution is 9.10. The monoisotopic (exact) mass is 284 g/mol. The lowest BCUT2D eigenvalue weighted by Crippen LogP contribution is -2.34. The van der Waals surface area contributed by atoms with E-state index < -0.39 is 0 Å². The van der Waals surface area contributed by atoms with Crippen molar-refractivity contribution in [3.8, 4) is 0 Å². The Balaban J connectivity index is 1.97. The van der Waals surface area contributed by atoms with Crippen LogP contribution < -0.4 is 0 Å². The summed E-state index contributed by atoms with van der Waals surface area (Å²) in [6, 6.07) is 1.41. The summed E-state index contributed by atoms with van der Waals surface area (Å²) in [6.07, 6.45) is 8.19. The predicted octanol–water partition coefficient (Wildman–Crippen LogP) is 3.16. The van der Waals surface area contributed by atoms with Gasteiger partial charge in [-0.2, -0.15) is 4.37 Å². The van der Waals surface area contributed by atoms with E-state index in [0.29, 0.717) is 6.04 Å². The standard InChI is InChI=1S/C11H13BrN2S/c1-14-8-2-3-9(14)5-7(4-8)11-10(12)6-13-15-11/h4,6,8-9H,2-3,5H2,1H3. The fourth-order valence-electron chi connectivity index (χ4n) is 2.65. The Morgan fingerprint density at radius 1 is 1.53 bits per heavy atom. The Morgan fingerprint density at radius 2 is 2.40 bits per heavy atom. The first-order chi connectivity index (χ1) is 7.25. The van der Waals surface area contributed by atoms with Crippen LogP contribution in [0.15, 0.2) is 16.7 Å². The van der Waals surface area contributed by atoms with Gasteiger partial charge in [-0.15, -0.1) is 0 Å². The van der Waals surface area contributed by atoms with Gasteiger partial charge in [0, 0.05) is 12.1 Å². The lowest BCUT2D eigenvalue weighted by Gasteiger charge is -2.29. The molecule has 2 aliphatic rings. The minimum atomic E-state index is 0.660. The lowest BCUT2D eigenvalue weighted by molar-refractivity contribution is 0.264. The van der Waals surface area contributed by atoms with Crippen molar-refractivity contribution in [2.45, 2.75) is 31.3 Å². The molecule has 0 spiro atoms. The van der Waals surface area contributed by atoms with Crippen LogP contribution in [-0.2, 0) is 0 Å². The van der Waals surface area contributed by atoms with Gasteiger partial charge in [0.2, 0.25) is 0 Å². The van der Waals surface area contributed by atoms with Gasteiger partial charge in [-0.1, -0.05) is 6.08 Å². The molecule has 2 aliphatic heterocycles. The third-order valence-corrected chi connectivity index (χ3v) is 5.30. The minimum absolute atomic E-state index is 0.660. The zero-order chi connectivity index (χ0) is 10.4. The van der Waals surface area contributed by atoms with E-state index >= 15 is 0 Å². The Labute approximate surface area is 102 Å². The van der Waals surface area contributed by atoms with Crippen molar-refractivity contribution in [2.75, 3.05) is 7.05 Å². The molecule has 80 valence electrons. The van der Waals surface area contributed by atoms with E-state index in [-0.39, 0.29) is 0 Å². The summed E-state index contributed by atoms with van der Waals surface area (Å²) in [4.78, 5) is 3.85. The van der Waals surface area contributed by atoms with Gasteiger partial charge in [0.25, 0.3) is 0 Å². The molecule has 0 radical (unpaired) electrons. The number of rotatable bonds is 1. The molecule has 2 atom stereocenters. The topological polar surface area (TPSA) is 16.1 Å². The second-order valence-corrected chi connectivity index (χ2v) is 6.02. The van der Waals surface area contributed by atoms with E-state index in [4.69, 9.17) is 0 Å². The Hall–Kier alpha value is -0.190. The van der Waals surface area contributed by atoms with E-state index in [0.717, 1.165) is 10.5 Å². The second kappa shape index (κ2) is 3.68. The van der Waals surface area contributed by atoms with Crippen LogP contribution in [-0.4, -0.2) is 28.4 Å². The first kappa shape index (κ1) is 10.00. The largest absolute Gasteiger partial charge is 0.297 e. The molecule has 1 aromatic heterocycles. The van der Waals surface area contributed by atoms with E-state index in [1.54, 1.807) is 11.5 Å². The fourth-order valence-corrected chi connectivity index (χ4v) is 4.03. The van der Waals surface area contributed by atoms with Crippen LogP contribution in [0.1, 0.15) is 24.1 Å². The van der Waals surface area contributed by atoms with Gasteiger partial charge < -0.3 is 0 Å². The van der Waals surface area contributed by atoms with Crippen molar-refractivity contribution < 1.29 is 0 Å². The van der Waals surface area contributed by atoms with Crippen LogP contribution in [0.25, 0.3) is 5.57 Å². The van der Waals surface area contributed by atoms with Crippen molar-refractivity contribution in [1.82, 2.24) is 9.27 Å². The Bertz CT molecular complexity index is 412. The molecule has 3 heterocycles. The molecule has 0 N–H and O–H groups in total. The van der Waals surface area contributed by atoms with Crippen LogP contribution in [0.3, 0.4) is 0 Å². The number of hydrogen-bond acceptors (Lipinski definition) is 3. The molecular weight excluding hydrogens is 272 g/mol. The molecule has 0 aromatic carbocycles. The highest BCUT2D eigenvalue weighted by atomic mass is 79.9. The molecule has 1 fully saturated rings. The molecule has 0 aliphatic carbocycles. The zero-order valence-electron chi connectivity index (χ0n) is 8.61. The Kier molecular flexibility index (Phi) is 2.45. The fraction of sp³-hybridized carbons (Fsp3) is 0.545. The molecule has 15 heavy (non-hydrogen) atoms. The molecular formula is C11H13BrN2S. The summed E-state index contributed by atoms with van der Waals surface area (Å²) >= 11 is 5.18. The third kappa shape index (κ3) is 1.59. The van der Waals surface area contributed by atoms with Gasteiger partial charge in [-0.3, -0.25) is 4.90 Å². The van der Waals surface area contributed by atoms with E-state index in [1.165, 1.54) is 29.7 Å². The molecule has 0 amide bonds. The minimum Gasteiger partial charge on any atom is -0.297 e. The van der Waals surface area contributed by atoms with Crippen LogP contribution in [0.4, 0.5) is 0 Å². The SMILES string of the molecule is CN1C2C=C(c3sncc3Br)CC1CC2. The highest BCUT2D eigenvalue weighted by Gasteiger charge is 2.34. The van der Waals surface area contributed by atoms with Crippen LogP contribution in [0.5, 0.6) is 0 Å². The third-order valence-electron chi connectivity index (χ3n) is 3.56. The normalized spacial score (nSPS) is 30.7. The quantitative estimate of drug-likeness (QED) is 0.788. The van der Waals surface area contributed by atoms with Gasteiger partial charge >= 0.3 is 0 Å². The maximum atomic E-state index is 4.23. The molecule has 0 saturated carbocycles. The summed E-state index contributed by atoms with van der Waals surface area (Å²) in [7, 11) is 2.25. The highest BCUT2D eigenvalue weighted by Crippen LogP contribution is 2.40. The van der Waals surface area contributed by atoms with Gasteiger partial charge in [-0.05, 0) is 59.3 Å². The first-order valence-electron chi connectivity index (χ1n) is 5.29. The number of likely N-dealkylation sites (N-methyl/N-ethyl adjacent to an activating group) is 1. The lowest BCUT2D eigenvalue weighted by atomic mass is 10.0. The van der Waals surface area contributed by atoms with E-state index in [1.807, 2.05) is 6.20 Å². The number of aromatic nitrogens is 1. The summed E-state index contributed by atoms with van der Waals surface area (Å²) in [5.41, 5.74) is 1.50. The van der Waals surface area contributed by atoms with Gasteiger partial charge in [0.15, 0.2) is 0 Å². The average molecular weight is 285 g/mol. The maximum Gasteiger partial charge on any atom is 0.0649 e. The number of nitrogens with zero attached hydrogens (tertiary/aromatic N) is 2. The summed E-state index contributed by atoms with van der Waals surface area (Å²) in [5, 5.41) is 0. The Morgan fingerprint density at radius 3 is 3.07 bits per heavy atom. The smallest absolute Gasteiger partial charge is 0.0649 e. The van der Waals surface area contributed by atoms with Gasteiger partial charge in [0.05, 0.1) is 15.5 Å². The summed E-state index contributed by atoms with van der Waals surface area (Å²) in [5.74, 6) is 0. The second-order valence-electron chi connectivity index (χ2n) is 4.36. The summed E-state index contributed by atoms with van der Waals surface area (Å²) < 4.78 is 5.38. The van der Waals surface area contributed by atoms with Gasteiger partial charge in [0.1, 0.15) is 0 Å². The number of halogens is 1. The van der Waals surface area contributed by atoms with Crippen molar-refractivity contribution >= 4 is 33.0 Å². The first-order valence-corrected chi connectivity index (χ1v) is 6.85. The van der Waals surface area contributed by atoms with Gasteiger partial charge in [-0.25, -0.2) is 0 Å². The van der Waals surface area contributed by atoms with Crippen molar-refractivity contribution in [3.63, 3.8) is 0 Å². The van der Waals surface area contributed by atoms with Crippen LogP contribution in [0, 0.1) is 0 Å². The molecule has 3 rings (SSSR count). The van der Waals surface area contributed by atoms with E-state index in [9.17, 15) is 0 Å². The molecule has 4 heteroatoms. The van der Waals surface area contributed by atoms with Crippen molar-refractivity contribution in [1.29, 1.82) is 0 Å². The molecule has 1 aromatic rings. The maximum absolute atomic E-state index is 4.23. The molecule has 1 saturated heterocycles. The van der Waals surface area contributed by atoms with Crippen molar-refractivity contribution in [3.05, 3.63) is 21.6 Å². The van der Waals surface area contributed by atoms with Crippen LogP contribution in [0.2, 0.25) is 0 Å². The average Bonchev–Trinajstić information content (AvgIpc) is 2.70. The van der Waals surface area contributed by atoms with Crippen molar-refractivity contribution in [2.24, 2.45) is 0 Å². The molecule has 2 bridgehead atoms. The number of hydrogen-bond donors (Lipinski definition) is 0. The number of fused-ring (bicyclic) bond motifs is 2. The zero-order valence-corrected chi connectivity index (χ0v) is 11.0. The molecule has 2 unspecified atom stereocenters.